The van der Waals surface area contributed by atoms with Crippen LogP contribution in [0.15, 0.2) is 18.3 Å². The Hall–Kier alpha value is -1.13. The second kappa shape index (κ2) is 3.51. The van der Waals surface area contributed by atoms with Gasteiger partial charge in [-0.2, -0.15) is 0 Å². The quantitative estimate of drug-likeness (QED) is 0.580. The molecular formula is C8H13N3O. The van der Waals surface area contributed by atoms with Gasteiger partial charge in [0.2, 0.25) is 0 Å². The van der Waals surface area contributed by atoms with Crippen molar-refractivity contribution in [3.05, 3.63) is 24.0 Å². The second-order valence-corrected chi connectivity index (χ2v) is 2.82. The lowest BCUT2D eigenvalue weighted by Gasteiger charge is -2.13. The Bertz CT molecular complexity index is 262. The predicted molar refractivity (Wildman–Crippen MR) is 47.3 cm³/mol. The first kappa shape index (κ1) is 8.96. The molecule has 0 unspecified atom stereocenters. The van der Waals surface area contributed by atoms with Gasteiger partial charge in [-0.05, 0) is 19.1 Å². The Balaban J connectivity index is 2.88. The zero-order chi connectivity index (χ0) is 9.14. The molecule has 0 saturated heterocycles. The molecule has 0 spiro atoms. The van der Waals surface area contributed by atoms with Gasteiger partial charge >= 0.3 is 0 Å². The van der Waals surface area contributed by atoms with Gasteiger partial charge in [-0.15, -0.1) is 0 Å². The van der Waals surface area contributed by atoms with Crippen LogP contribution < -0.4 is 11.5 Å². The van der Waals surface area contributed by atoms with Crippen LogP contribution in [0.25, 0.3) is 0 Å². The molecule has 0 aromatic carbocycles. The lowest BCUT2D eigenvalue weighted by atomic mass is 10.1. The summed E-state index contributed by atoms with van der Waals surface area (Å²) in [4.78, 5) is 3.95. The van der Waals surface area contributed by atoms with E-state index >= 15 is 0 Å². The Morgan fingerprint density at radius 2 is 2.25 bits per heavy atom. The number of aliphatic hydroxyl groups is 1. The average molecular weight is 167 g/mol. The third-order valence-electron chi connectivity index (χ3n) is 1.61. The van der Waals surface area contributed by atoms with Crippen molar-refractivity contribution < 1.29 is 5.11 Å². The van der Waals surface area contributed by atoms with E-state index in [0.29, 0.717) is 11.4 Å². The van der Waals surface area contributed by atoms with E-state index in [2.05, 4.69) is 4.98 Å². The van der Waals surface area contributed by atoms with Crippen LogP contribution >= 0.6 is 0 Å². The first-order valence-corrected chi connectivity index (χ1v) is 3.76. The smallest absolute Gasteiger partial charge is 0.111 e. The number of pyridine rings is 1. The summed E-state index contributed by atoms with van der Waals surface area (Å²) in [7, 11) is 0. The van der Waals surface area contributed by atoms with Crippen molar-refractivity contribution in [2.24, 2.45) is 5.73 Å². The maximum Gasteiger partial charge on any atom is 0.111 e. The van der Waals surface area contributed by atoms with Crippen molar-refractivity contribution in [2.45, 2.75) is 19.1 Å². The normalized spacial score (nSPS) is 15.6. The van der Waals surface area contributed by atoms with Crippen LogP contribution in [0.5, 0.6) is 0 Å². The van der Waals surface area contributed by atoms with Gasteiger partial charge in [0.05, 0.1) is 5.69 Å². The fourth-order valence-electron chi connectivity index (χ4n) is 0.897. The van der Waals surface area contributed by atoms with Crippen LogP contribution in [0.3, 0.4) is 0 Å². The Labute approximate surface area is 71.2 Å². The average Bonchev–Trinajstić information content (AvgIpc) is 2.03. The highest BCUT2D eigenvalue weighted by Gasteiger charge is 2.13. The molecule has 0 aliphatic carbocycles. The number of nitrogens with zero attached hydrogens (tertiary/aromatic N) is 1. The molecule has 1 heterocycles. The Kier molecular flexibility index (Phi) is 2.62. The number of hydrogen-bond donors (Lipinski definition) is 3. The molecule has 4 heteroatoms. The molecular weight excluding hydrogens is 154 g/mol. The third-order valence-corrected chi connectivity index (χ3v) is 1.61. The van der Waals surface area contributed by atoms with Crippen LogP contribution in [0.2, 0.25) is 0 Å². The molecule has 1 rings (SSSR count). The molecule has 5 N–H and O–H groups in total. The summed E-state index contributed by atoms with van der Waals surface area (Å²) in [5, 5.41) is 9.48. The molecule has 2 atom stereocenters. The summed E-state index contributed by atoms with van der Waals surface area (Å²) in [5.74, 6) is 0. The molecule has 0 fully saturated rings. The van der Waals surface area contributed by atoms with Crippen LogP contribution in [-0.4, -0.2) is 16.1 Å². The van der Waals surface area contributed by atoms with Gasteiger partial charge < -0.3 is 16.6 Å². The van der Waals surface area contributed by atoms with Crippen LogP contribution in [0, 0.1) is 0 Å². The number of hydrogen-bond acceptors (Lipinski definition) is 4. The molecule has 0 saturated carbocycles. The Morgan fingerprint density at radius 3 is 2.75 bits per heavy atom. The molecule has 1 aromatic heterocycles. The lowest BCUT2D eigenvalue weighted by molar-refractivity contribution is 0.149. The van der Waals surface area contributed by atoms with Crippen molar-refractivity contribution in [1.82, 2.24) is 4.98 Å². The maximum absolute atomic E-state index is 9.48. The number of nitrogens with two attached hydrogens (primary N) is 2. The number of aliphatic hydroxyl groups excluding tert-OH is 1. The summed E-state index contributed by atoms with van der Waals surface area (Å²) in [6, 6.07) is 2.95. The Morgan fingerprint density at radius 1 is 1.58 bits per heavy atom. The maximum atomic E-state index is 9.48. The van der Waals surface area contributed by atoms with Crippen LogP contribution in [0.1, 0.15) is 18.7 Å². The first-order valence-electron chi connectivity index (χ1n) is 3.76. The molecule has 0 aliphatic rings. The first-order chi connectivity index (χ1) is 5.61. The number of anilines is 1. The standard InChI is InChI=1S/C8H13N3O/c1-5(9)8(12)7-4-6(10)2-3-11-7/h2-5,8,12H,9H2,1H3,(H2,10,11)/t5-,8-/m0/s1. The van der Waals surface area contributed by atoms with Crippen molar-refractivity contribution in [3.63, 3.8) is 0 Å². The third kappa shape index (κ3) is 1.93. The number of nitrogen functional groups attached to an aromatic ring is 1. The molecule has 12 heavy (non-hydrogen) atoms. The highest BCUT2D eigenvalue weighted by atomic mass is 16.3. The largest absolute Gasteiger partial charge is 0.399 e. The summed E-state index contributed by atoms with van der Waals surface area (Å²) in [6.07, 6.45) is 0.810. The van der Waals surface area contributed by atoms with Gasteiger partial charge in [-0.25, -0.2) is 0 Å². The minimum absolute atomic E-state index is 0.334. The van der Waals surface area contributed by atoms with E-state index in [0.717, 1.165) is 0 Å². The van der Waals surface area contributed by atoms with E-state index in [-0.39, 0.29) is 6.04 Å². The van der Waals surface area contributed by atoms with Crippen molar-refractivity contribution >= 4 is 5.69 Å². The zero-order valence-corrected chi connectivity index (χ0v) is 6.94. The van der Waals surface area contributed by atoms with E-state index in [4.69, 9.17) is 11.5 Å². The van der Waals surface area contributed by atoms with Gasteiger partial charge in [-0.3, -0.25) is 4.98 Å². The van der Waals surface area contributed by atoms with Crippen LogP contribution in [-0.2, 0) is 0 Å². The van der Waals surface area contributed by atoms with E-state index in [1.165, 1.54) is 0 Å². The summed E-state index contributed by atoms with van der Waals surface area (Å²) in [5.41, 5.74) is 12.1. The molecule has 0 bridgehead atoms. The van der Waals surface area contributed by atoms with Gasteiger partial charge in [0.15, 0.2) is 0 Å². The minimum Gasteiger partial charge on any atom is -0.399 e. The van der Waals surface area contributed by atoms with Crippen molar-refractivity contribution in [1.29, 1.82) is 0 Å². The number of rotatable bonds is 2. The van der Waals surface area contributed by atoms with Gasteiger partial charge in [0.1, 0.15) is 6.10 Å². The van der Waals surface area contributed by atoms with E-state index in [9.17, 15) is 5.11 Å². The minimum atomic E-state index is -0.742. The van der Waals surface area contributed by atoms with Gasteiger partial charge in [0.25, 0.3) is 0 Å². The molecule has 0 radical (unpaired) electrons. The molecule has 4 nitrogen and oxygen atoms in total. The summed E-state index contributed by atoms with van der Waals surface area (Å²) >= 11 is 0. The summed E-state index contributed by atoms with van der Waals surface area (Å²) in [6.45, 7) is 1.72. The van der Waals surface area contributed by atoms with Crippen molar-refractivity contribution in [2.75, 3.05) is 5.73 Å². The molecule has 1 aromatic rings. The predicted octanol–water partition coefficient (Wildman–Crippen LogP) is 0.0444. The van der Waals surface area contributed by atoms with Gasteiger partial charge in [-0.1, -0.05) is 0 Å². The highest BCUT2D eigenvalue weighted by molar-refractivity contribution is 5.37. The zero-order valence-electron chi connectivity index (χ0n) is 6.94. The fraction of sp³-hybridized carbons (Fsp3) is 0.375. The lowest BCUT2D eigenvalue weighted by Crippen LogP contribution is -2.25. The topological polar surface area (TPSA) is 85.2 Å². The SMILES string of the molecule is C[C@H](N)[C@H](O)c1cc(N)ccn1. The molecule has 66 valence electrons. The van der Waals surface area contributed by atoms with E-state index in [1.54, 1.807) is 25.3 Å². The molecule has 0 aliphatic heterocycles. The van der Waals surface area contributed by atoms with Crippen molar-refractivity contribution in [3.8, 4) is 0 Å². The fourth-order valence-corrected chi connectivity index (χ4v) is 0.897. The van der Waals surface area contributed by atoms with Crippen LogP contribution in [0.4, 0.5) is 5.69 Å². The van der Waals surface area contributed by atoms with E-state index in [1.807, 2.05) is 0 Å². The van der Waals surface area contributed by atoms with E-state index < -0.39 is 6.10 Å². The second-order valence-electron chi connectivity index (χ2n) is 2.82. The molecule has 0 amide bonds. The number of aromatic nitrogens is 1. The monoisotopic (exact) mass is 167 g/mol. The highest BCUT2D eigenvalue weighted by Crippen LogP contribution is 2.14. The van der Waals surface area contributed by atoms with Gasteiger partial charge in [0, 0.05) is 17.9 Å². The summed E-state index contributed by atoms with van der Waals surface area (Å²) < 4.78 is 0.